The summed E-state index contributed by atoms with van der Waals surface area (Å²) in [5, 5.41) is 3.91. The van der Waals surface area contributed by atoms with Crippen LogP contribution in [0.25, 0.3) is 17.5 Å². The highest BCUT2D eigenvalue weighted by atomic mass is 19.4. The second-order valence-corrected chi connectivity index (χ2v) is 9.03. The molecule has 0 amide bonds. The van der Waals surface area contributed by atoms with Crippen molar-refractivity contribution in [1.82, 2.24) is 15.0 Å². The van der Waals surface area contributed by atoms with Gasteiger partial charge < -0.3 is 14.2 Å². The van der Waals surface area contributed by atoms with Crippen molar-refractivity contribution in [2.24, 2.45) is 11.8 Å². The van der Waals surface area contributed by atoms with Gasteiger partial charge in [-0.3, -0.25) is 0 Å². The molecule has 1 heterocycles. The van der Waals surface area contributed by atoms with E-state index in [1.165, 1.54) is 30.3 Å². The molecular formula is C26H27F4N3O2. The van der Waals surface area contributed by atoms with Crippen LogP contribution in [-0.2, 0) is 0 Å². The van der Waals surface area contributed by atoms with E-state index in [0.29, 0.717) is 23.3 Å². The number of hydrogen-bond donors (Lipinski definition) is 0. The zero-order valence-corrected chi connectivity index (χ0v) is 19.5. The number of ether oxygens (including phenoxy) is 1. The average Bonchev–Trinajstić information content (AvgIpc) is 3.27. The van der Waals surface area contributed by atoms with Crippen molar-refractivity contribution >= 4 is 6.08 Å². The third kappa shape index (κ3) is 6.69. The van der Waals surface area contributed by atoms with Crippen molar-refractivity contribution in [2.75, 3.05) is 14.1 Å². The van der Waals surface area contributed by atoms with Gasteiger partial charge in [-0.15, -0.1) is 13.2 Å². The number of benzene rings is 2. The van der Waals surface area contributed by atoms with E-state index < -0.39 is 6.36 Å². The first-order chi connectivity index (χ1) is 16.7. The van der Waals surface area contributed by atoms with Gasteiger partial charge in [0.1, 0.15) is 11.6 Å². The van der Waals surface area contributed by atoms with Gasteiger partial charge in [-0.05, 0) is 99.7 Å². The Hall–Kier alpha value is -3.20. The molecule has 5 nitrogen and oxygen atoms in total. The third-order valence-electron chi connectivity index (χ3n) is 6.31. The maximum absolute atomic E-state index is 13.8. The maximum Gasteiger partial charge on any atom is 0.573 e. The summed E-state index contributed by atoms with van der Waals surface area (Å²) in [7, 11) is 4.07. The van der Waals surface area contributed by atoms with Crippen LogP contribution in [0.4, 0.5) is 17.6 Å². The molecule has 0 aliphatic heterocycles. The molecular weight excluding hydrogens is 462 g/mol. The summed E-state index contributed by atoms with van der Waals surface area (Å²) in [6, 6.07) is 12.3. The molecule has 35 heavy (non-hydrogen) atoms. The van der Waals surface area contributed by atoms with Crippen LogP contribution in [0, 0.1) is 17.7 Å². The molecule has 1 aliphatic carbocycles. The summed E-state index contributed by atoms with van der Waals surface area (Å²) >= 11 is 0. The number of halogens is 4. The molecule has 1 saturated carbocycles. The van der Waals surface area contributed by atoms with Gasteiger partial charge >= 0.3 is 6.36 Å². The predicted octanol–water partition coefficient (Wildman–Crippen LogP) is 6.90. The van der Waals surface area contributed by atoms with E-state index in [-0.39, 0.29) is 23.4 Å². The smallest absolute Gasteiger partial charge is 0.406 e. The maximum atomic E-state index is 13.8. The molecule has 2 aromatic carbocycles. The standard InChI is InChI=1S/C26H27F4N3O2/c1-33(2)24(20-4-3-5-21(27)16-20)18-9-6-17(7-10-18)8-15-23-31-25(32-35-23)19-11-13-22(14-12-19)34-26(28,29)30/h3-5,8,11-18,24H,6-7,9-10H2,1-2H3. The highest BCUT2D eigenvalue weighted by Gasteiger charge is 2.31. The van der Waals surface area contributed by atoms with Crippen LogP contribution in [0.1, 0.15) is 43.2 Å². The molecule has 1 atom stereocenters. The summed E-state index contributed by atoms with van der Waals surface area (Å²) in [4.78, 5) is 6.48. The van der Waals surface area contributed by atoms with Gasteiger partial charge in [0.2, 0.25) is 5.82 Å². The van der Waals surface area contributed by atoms with E-state index in [4.69, 9.17) is 4.52 Å². The van der Waals surface area contributed by atoms with E-state index in [1.54, 1.807) is 18.2 Å². The first-order valence-corrected chi connectivity index (χ1v) is 11.5. The lowest BCUT2D eigenvalue weighted by atomic mass is 9.76. The lowest BCUT2D eigenvalue weighted by Crippen LogP contribution is -2.30. The molecule has 9 heteroatoms. The summed E-state index contributed by atoms with van der Waals surface area (Å²) in [5.41, 5.74) is 1.53. The molecule has 1 aliphatic rings. The Morgan fingerprint density at radius 3 is 2.40 bits per heavy atom. The molecule has 0 radical (unpaired) electrons. The number of nitrogens with zero attached hydrogens (tertiary/aromatic N) is 3. The molecule has 186 valence electrons. The first-order valence-electron chi connectivity index (χ1n) is 11.5. The number of hydrogen-bond acceptors (Lipinski definition) is 5. The van der Waals surface area contributed by atoms with Crippen LogP contribution in [0.15, 0.2) is 59.1 Å². The van der Waals surface area contributed by atoms with Crippen LogP contribution in [0.5, 0.6) is 5.75 Å². The Bertz CT molecular complexity index is 1130. The second-order valence-electron chi connectivity index (χ2n) is 9.03. The monoisotopic (exact) mass is 489 g/mol. The highest BCUT2D eigenvalue weighted by molar-refractivity contribution is 5.56. The quantitative estimate of drug-likeness (QED) is 0.338. The fourth-order valence-electron chi connectivity index (χ4n) is 4.78. The topological polar surface area (TPSA) is 51.4 Å². The SMILES string of the molecule is CN(C)C(c1cccc(F)c1)C1CCC(C=Cc2nc(-c3ccc(OC(F)(F)F)cc3)no2)CC1. The molecule has 3 aromatic rings. The van der Waals surface area contributed by atoms with Gasteiger partial charge in [-0.2, -0.15) is 4.98 Å². The number of allylic oxidation sites excluding steroid dienone is 1. The van der Waals surface area contributed by atoms with Crippen molar-refractivity contribution in [1.29, 1.82) is 0 Å². The zero-order valence-electron chi connectivity index (χ0n) is 19.5. The number of rotatable bonds is 7. The van der Waals surface area contributed by atoms with Crippen molar-refractivity contribution in [3.63, 3.8) is 0 Å². The molecule has 1 fully saturated rings. The van der Waals surface area contributed by atoms with Gasteiger partial charge in [0.05, 0.1) is 0 Å². The Balaban J connectivity index is 1.34. The van der Waals surface area contributed by atoms with Crippen molar-refractivity contribution in [3.8, 4) is 17.1 Å². The van der Waals surface area contributed by atoms with Crippen molar-refractivity contribution in [2.45, 2.75) is 38.1 Å². The average molecular weight is 490 g/mol. The van der Waals surface area contributed by atoms with Gasteiger partial charge in [-0.1, -0.05) is 23.4 Å². The molecule has 0 bridgehead atoms. The summed E-state index contributed by atoms with van der Waals surface area (Å²) in [6.07, 6.45) is 3.17. The van der Waals surface area contributed by atoms with Crippen LogP contribution in [0.3, 0.4) is 0 Å². The third-order valence-corrected chi connectivity index (χ3v) is 6.31. The lowest BCUT2D eigenvalue weighted by molar-refractivity contribution is -0.274. The van der Waals surface area contributed by atoms with E-state index in [2.05, 4.69) is 25.9 Å². The summed E-state index contributed by atoms with van der Waals surface area (Å²) in [5.74, 6) is 0.913. The van der Waals surface area contributed by atoms with Gasteiger partial charge in [-0.25, -0.2) is 4.39 Å². The Labute approximate surface area is 201 Å². The summed E-state index contributed by atoms with van der Waals surface area (Å²) < 4.78 is 59.9. The molecule has 1 aromatic heterocycles. The van der Waals surface area contributed by atoms with E-state index in [1.807, 2.05) is 20.2 Å². The van der Waals surface area contributed by atoms with Crippen molar-refractivity contribution < 1.29 is 26.8 Å². The largest absolute Gasteiger partial charge is 0.573 e. The van der Waals surface area contributed by atoms with Crippen LogP contribution < -0.4 is 4.74 Å². The van der Waals surface area contributed by atoms with Crippen molar-refractivity contribution in [3.05, 3.63) is 71.9 Å². The number of alkyl halides is 3. The Morgan fingerprint density at radius 2 is 1.77 bits per heavy atom. The second kappa shape index (κ2) is 10.6. The first kappa shape index (κ1) is 24.9. The van der Waals surface area contributed by atoms with Gasteiger partial charge in [0, 0.05) is 11.6 Å². The minimum Gasteiger partial charge on any atom is -0.406 e. The molecule has 0 spiro atoms. The molecule has 0 saturated heterocycles. The highest BCUT2D eigenvalue weighted by Crippen LogP contribution is 2.40. The Morgan fingerprint density at radius 1 is 1.06 bits per heavy atom. The van der Waals surface area contributed by atoms with Gasteiger partial charge in [0.25, 0.3) is 5.89 Å². The fraction of sp³-hybridized carbons (Fsp3) is 0.385. The van der Waals surface area contributed by atoms with Crippen LogP contribution >= 0.6 is 0 Å². The van der Waals surface area contributed by atoms with E-state index in [9.17, 15) is 17.6 Å². The summed E-state index contributed by atoms with van der Waals surface area (Å²) in [6.45, 7) is 0. The van der Waals surface area contributed by atoms with Crippen LogP contribution in [-0.4, -0.2) is 35.5 Å². The molecule has 4 rings (SSSR count). The minimum absolute atomic E-state index is 0.169. The number of aromatic nitrogens is 2. The normalized spacial score (nSPS) is 19.9. The van der Waals surface area contributed by atoms with E-state index >= 15 is 0 Å². The minimum atomic E-state index is -4.74. The molecule has 1 unspecified atom stereocenters. The lowest BCUT2D eigenvalue weighted by Gasteiger charge is -2.37. The predicted molar refractivity (Wildman–Crippen MR) is 124 cm³/mol. The molecule has 0 N–H and O–H groups in total. The zero-order chi connectivity index (χ0) is 25.0. The van der Waals surface area contributed by atoms with Gasteiger partial charge in [0.15, 0.2) is 0 Å². The van der Waals surface area contributed by atoms with E-state index in [0.717, 1.165) is 31.2 Å². The Kier molecular flexibility index (Phi) is 7.54. The van der Waals surface area contributed by atoms with Crippen LogP contribution in [0.2, 0.25) is 0 Å². The fourth-order valence-corrected chi connectivity index (χ4v) is 4.78.